The minimum absolute atomic E-state index is 0.0900. The number of nitro benzene ring substituents is 1. The number of phenols is 1. The van der Waals surface area contributed by atoms with Crippen molar-refractivity contribution in [2.75, 3.05) is 0 Å². The average Bonchev–Trinajstić information content (AvgIpc) is 2.99. The second kappa shape index (κ2) is 22.8. The third kappa shape index (κ3) is 14.9. The van der Waals surface area contributed by atoms with Crippen molar-refractivity contribution in [2.45, 2.75) is 155 Å². The van der Waals surface area contributed by atoms with Gasteiger partial charge in [-0.15, -0.1) is 10.2 Å². The van der Waals surface area contributed by atoms with Crippen molar-refractivity contribution in [3.8, 4) is 5.75 Å². The van der Waals surface area contributed by atoms with Crippen molar-refractivity contribution in [2.24, 2.45) is 10.2 Å². The molecule has 0 aliphatic heterocycles. The zero-order valence-corrected chi connectivity index (χ0v) is 26.6. The number of hydrogen-bond acceptors (Lipinski definition) is 5. The van der Waals surface area contributed by atoms with Gasteiger partial charge in [0.2, 0.25) is 0 Å². The first-order valence-corrected chi connectivity index (χ1v) is 17.1. The molecule has 0 aliphatic carbocycles. The van der Waals surface area contributed by atoms with E-state index in [1.54, 1.807) is 18.2 Å². The van der Waals surface area contributed by atoms with Crippen LogP contribution in [0.3, 0.4) is 0 Å². The summed E-state index contributed by atoms with van der Waals surface area (Å²) < 4.78 is 0. The summed E-state index contributed by atoms with van der Waals surface area (Å²) in [5, 5.41) is 31.0. The van der Waals surface area contributed by atoms with E-state index in [2.05, 4.69) is 30.1 Å². The second-order valence-electron chi connectivity index (χ2n) is 11.9. The molecule has 0 aliphatic rings. The normalized spacial score (nSPS) is 11.5. The van der Waals surface area contributed by atoms with E-state index < -0.39 is 4.92 Å². The number of unbranched alkanes of at least 4 members (excludes halogenated alkanes) is 18. The zero-order chi connectivity index (χ0) is 30.3. The Balaban J connectivity index is 1.94. The first-order chi connectivity index (χ1) is 20.6. The number of nitro groups is 1. The smallest absolute Gasteiger partial charge is 0.296 e. The first-order valence-electron chi connectivity index (χ1n) is 17.1. The van der Waals surface area contributed by atoms with Crippen molar-refractivity contribution >= 4 is 17.1 Å². The SMILES string of the molecule is CCCCCCCCCCCCc1cc(CCCCCCCCCCCC)c(O)c(N=Nc2ccccc2[N+](=O)[O-])c1. The van der Waals surface area contributed by atoms with Crippen LogP contribution in [0.1, 0.15) is 153 Å². The molecule has 0 amide bonds. The van der Waals surface area contributed by atoms with Gasteiger partial charge in [-0.1, -0.05) is 148 Å². The summed E-state index contributed by atoms with van der Waals surface area (Å²) in [6.07, 6.45) is 27.5. The van der Waals surface area contributed by atoms with Crippen molar-refractivity contribution < 1.29 is 10.0 Å². The number of aromatic hydroxyl groups is 1. The van der Waals surface area contributed by atoms with Gasteiger partial charge in [-0.25, -0.2) is 0 Å². The molecule has 0 fully saturated rings. The number of rotatable bonds is 25. The molecule has 0 spiro atoms. The lowest BCUT2D eigenvalue weighted by Crippen LogP contribution is -1.93. The minimum atomic E-state index is -0.452. The van der Waals surface area contributed by atoms with Crippen LogP contribution in [-0.2, 0) is 12.8 Å². The summed E-state index contributed by atoms with van der Waals surface area (Å²) >= 11 is 0. The third-order valence-corrected chi connectivity index (χ3v) is 8.19. The van der Waals surface area contributed by atoms with Gasteiger partial charge in [0.25, 0.3) is 5.69 Å². The van der Waals surface area contributed by atoms with Gasteiger partial charge in [0.1, 0.15) is 11.4 Å². The fourth-order valence-electron chi connectivity index (χ4n) is 5.58. The largest absolute Gasteiger partial charge is 0.505 e. The van der Waals surface area contributed by atoms with E-state index in [1.807, 2.05) is 6.07 Å². The molecule has 0 heterocycles. The summed E-state index contributed by atoms with van der Waals surface area (Å²) in [5.41, 5.74) is 2.58. The Morgan fingerprint density at radius 2 is 1.07 bits per heavy atom. The number of benzene rings is 2. The van der Waals surface area contributed by atoms with Crippen molar-refractivity contribution in [1.29, 1.82) is 0 Å². The molecule has 0 unspecified atom stereocenters. The molecular formula is C36H57N3O3. The van der Waals surface area contributed by atoms with E-state index in [9.17, 15) is 15.2 Å². The highest BCUT2D eigenvalue weighted by Gasteiger charge is 2.14. The number of hydrogen-bond donors (Lipinski definition) is 1. The Labute approximate surface area is 255 Å². The number of aryl methyl sites for hydroxylation is 2. The Morgan fingerprint density at radius 3 is 1.60 bits per heavy atom. The van der Waals surface area contributed by atoms with Gasteiger partial charge < -0.3 is 5.11 Å². The van der Waals surface area contributed by atoms with E-state index in [0.29, 0.717) is 5.69 Å². The number of phenolic OH excluding ortho intramolecular Hbond substituents is 1. The van der Waals surface area contributed by atoms with Crippen LogP contribution < -0.4 is 0 Å². The monoisotopic (exact) mass is 579 g/mol. The molecule has 42 heavy (non-hydrogen) atoms. The molecule has 0 aromatic heterocycles. The molecule has 6 nitrogen and oxygen atoms in total. The fourth-order valence-corrected chi connectivity index (χ4v) is 5.58. The number of nitrogens with zero attached hydrogens (tertiary/aromatic N) is 3. The molecule has 2 aromatic rings. The Hall–Kier alpha value is -2.76. The van der Waals surface area contributed by atoms with Crippen LogP contribution in [0.4, 0.5) is 17.1 Å². The topological polar surface area (TPSA) is 88.1 Å². The first kappa shape index (κ1) is 35.4. The maximum atomic E-state index is 11.4. The van der Waals surface area contributed by atoms with Gasteiger partial charge in [-0.05, 0) is 48.9 Å². The quantitative estimate of drug-likeness (QED) is 0.0549. The molecule has 2 rings (SSSR count). The fraction of sp³-hybridized carbons (Fsp3) is 0.667. The predicted octanol–water partition coefficient (Wildman–Crippen LogP) is 12.6. The van der Waals surface area contributed by atoms with Crippen molar-refractivity contribution in [1.82, 2.24) is 0 Å². The lowest BCUT2D eigenvalue weighted by atomic mass is 9.98. The molecule has 0 atom stereocenters. The molecule has 2 aromatic carbocycles. The van der Waals surface area contributed by atoms with E-state index >= 15 is 0 Å². The average molecular weight is 580 g/mol. The summed E-state index contributed by atoms with van der Waals surface area (Å²) in [6.45, 7) is 4.52. The second-order valence-corrected chi connectivity index (χ2v) is 11.9. The molecule has 0 saturated heterocycles. The van der Waals surface area contributed by atoms with Gasteiger partial charge in [-0.2, -0.15) is 0 Å². The van der Waals surface area contributed by atoms with Crippen LogP contribution >= 0.6 is 0 Å². The minimum Gasteiger partial charge on any atom is -0.505 e. The molecule has 1 N–H and O–H groups in total. The molecule has 6 heteroatoms. The van der Waals surface area contributed by atoms with Crippen LogP contribution in [0.2, 0.25) is 0 Å². The summed E-state index contributed by atoms with van der Waals surface area (Å²) in [5.74, 6) is 0.153. The standard InChI is InChI=1S/C36H57N3O3/c1-3-5-7-9-11-13-15-17-19-21-25-31-29-32(26-22-20-18-16-14-12-10-8-6-4-2)36(40)34(30-31)38-37-33-27-23-24-28-35(33)39(41)42/h23-24,27-30,40H,3-22,25-26H2,1-2H3. The maximum Gasteiger partial charge on any atom is 0.296 e. The summed E-state index contributed by atoms with van der Waals surface area (Å²) in [6, 6.07) is 10.4. The zero-order valence-electron chi connectivity index (χ0n) is 26.6. The van der Waals surface area contributed by atoms with Crippen molar-refractivity contribution in [3.05, 3.63) is 57.6 Å². The van der Waals surface area contributed by atoms with Crippen LogP contribution in [0.15, 0.2) is 46.6 Å². The van der Waals surface area contributed by atoms with Gasteiger partial charge in [0.05, 0.1) is 4.92 Å². The Bertz CT molecular complexity index is 1040. The number of azo groups is 1. The molecule has 0 saturated carbocycles. The Kier molecular flexibility index (Phi) is 19.2. The lowest BCUT2D eigenvalue weighted by Gasteiger charge is -2.11. The van der Waals surface area contributed by atoms with Gasteiger partial charge in [0.15, 0.2) is 5.69 Å². The van der Waals surface area contributed by atoms with Crippen LogP contribution in [0, 0.1) is 10.1 Å². The van der Waals surface area contributed by atoms with E-state index in [-0.39, 0.29) is 17.1 Å². The third-order valence-electron chi connectivity index (χ3n) is 8.19. The highest BCUT2D eigenvalue weighted by atomic mass is 16.6. The Morgan fingerprint density at radius 1 is 0.619 bits per heavy atom. The molecule has 0 bridgehead atoms. The van der Waals surface area contributed by atoms with Crippen LogP contribution in [-0.4, -0.2) is 10.0 Å². The number of para-hydroxylation sites is 1. The molecule has 0 radical (unpaired) electrons. The summed E-state index contributed by atoms with van der Waals surface area (Å²) in [7, 11) is 0. The van der Waals surface area contributed by atoms with E-state index in [1.165, 1.54) is 115 Å². The van der Waals surface area contributed by atoms with Crippen LogP contribution in [0.25, 0.3) is 0 Å². The van der Waals surface area contributed by atoms with Gasteiger partial charge in [0, 0.05) is 6.07 Å². The molecule has 234 valence electrons. The van der Waals surface area contributed by atoms with Gasteiger partial charge in [-0.3, -0.25) is 10.1 Å². The van der Waals surface area contributed by atoms with Gasteiger partial charge >= 0.3 is 0 Å². The summed E-state index contributed by atoms with van der Waals surface area (Å²) in [4.78, 5) is 11.0. The van der Waals surface area contributed by atoms with Crippen LogP contribution in [0.5, 0.6) is 5.75 Å². The highest BCUT2D eigenvalue weighted by molar-refractivity contribution is 5.60. The van der Waals surface area contributed by atoms with E-state index in [0.717, 1.165) is 43.2 Å². The predicted molar refractivity (Wildman–Crippen MR) is 176 cm³/mol. The molecular weight excluding hydrogens is 522 g/mol. The van der Waals surface area contributed by atoms with Crippen molar-refractivity contribution in [3.63, 3.8) is 0 Å². The maximum absolute atomic E-state index is 11.4. The van der Waals surface area contributed by atoms with E-state index in [4.69, 9.17) is 0 Å². The lowest BCUT2D eigenvalue weighted by molar-refractivity contribution is -0.384. The highest BCUT2D eigenvalue weighted by Crippen LogP contribution is 2.36.